The number of aliphatic hydroxyl groups excluding tert-OH is 1. The van der Waals surface area contributed by atoms with E-state index < -0.39 is 0 Å². The van der Waals surface area contributed by atoms with Crippen LogP contribution in [0.3, 0.4) is 0 Å². The molecule has 1 aliphatic rings. The maximum absolute atomic E-state index is 9.33. The minimum Gasteiger partial charge on any atom is -0.513 e. The zero-order valence-corrected chi connectivity index (χ0v) is 10.8. The molecule has 1 aliphatic carbocycles. The van der Waals surface area contributed by atoms with Crippen LogP contribution in [0.1, 0.15) is 59.8 Å². The van der Waals surface area contributed by atoms with Crippen LogP contribution in [0.5, 0.6) is 0 Å². The van der Waals surface area contributed by atoms with Crippen LogP contribution in [0.15, 0.2) is 23.5 Å². The van der Waals surface area contributed by atoms with Crippen LogP contribution in [-0.4, -0.2) is 5.11 Å². The van der Waals surface area contributed by atoms with E-state index >= 15 is 0 Å². The smallest absolute Gasteiger partial charge is 0.0885 e. The second-order valence-electron chi connectivity index (χ2n) is 3.85. The topological polar surface area (TPSA) is 20.2 Å². The van der Waals surface area contributed by atoms with Gasteiger partial charge in [-0.1, -0.05) is 45.4 Å². The van der Waals surface area contributed by atoms with Crippen LogP contribution >= 0.6 is 0 Å². The Balaban J connectivity index is 0.000000921. The summed E-state index contributed by atoms with van der Waals surface area (Å²) >= 11 is 0. The van der Waals surface area contributed by atoms with E-state index in [1.807, 2.05) is 13.8 Å². The summed E-state index contributed by atoms with van der Waals surface area (Å²) in [5.74, 6) is 0.700. The van der Waals surface area contributed by atoms with Crippen LogP contribution < -0.4 is 0 Å². The van der Waals surface area contributed by atoms with E-state index in [1.54, 1.807) is 11.1 Å². The highest BCUT2D eigenvalue weighted by molar-refractivity contribution is 5.19. The largest absolute Gasteiger partial charge is 0.513 e. The molecular weight excluding hydrogens is 184 g/mol. The first-order valence-corrected chi connectivity index (χ1v) is 6.26. The van der Waals surface area contributed by atoms with Crippen molar-refractivity contribution in [3.63, 3.8) is 0 Å². The monoisotopic (exact) mass is 210 g/mol. The molecule has 1 nitrogen and oxygen atoms in total. The Kier molecular flexibility index (Phi) is 7.19. The fourth-order valence-electron chi connectivity index (χ4n) is 2.17. The standard InChI is InChI=1S/C12H20O.C2H6/c1-4-10-6-7-12(9(3)13)8-11(10)5-2;1-2/h12-13H,3-8H2,1-2H3;1-2H3. The van der Waals surface area contributed by atoms with Crippen LogP contribution in [0, 0.1) is 5.92 Å². The third kappa shape index (κ3) is 4.11. The van der Waals surface area contributed by atoms with E-state index in [4.69, 9.17) is 0 Å². The van der Waals surface area contributed by atoms with E-state index in [0.29, 0.717) is 11.7 Å². The Morgan fingerprint density at radius 2 is 1.80 bits per heavy atom. The quantitative estimate of drug-likeness (QED) is 0.513. The predicted molar refractivity (Wildman–Crippen MR) is 68.1 cm³/mol. The first-order valence-electron chi connectivity index (χ1n) is 6.26. The average Bonchev–Trinajstić information content (AvgIpc) is 2.30. The van der Waals surface area contributed by atoms with Gasteiger partial charge in [-0.3, -0.25) is 0 Å². The van der Waals surface area contributed by atoms with Gasteiger partial charge in [-0.15, -0.1) is 0 Å². The number of aliphatic hydroxyl groups is 1. The third-order valence-electron chi connectivity index (χ3n) is 3.11. The SMILES string of the molecule is C=C(O)C1CCC(CC)=C(CC)C1.CC. The maximum atomic E-state index is 9.33. The highest BCUT2D eigenvalue weighted by atomic mass is 16.3. The van der Waals surface area contributed by atoms with Crippen LogP contribution in [-0.2, 0) is 0 Å². The van der Waals surface area contributed by atoms with Gasteiger partial charge in [0.25, 0.3) is 0 Å². The Morgan fingerprint density at radius 1 is 1.27 bits per heavy atom. The Bertz CT molecular complexity index is 225. The summed E-state index contributed by atoms with van der Waals surface area (Å²) < 4.78 is 0. The maximum Gasteiger partial charge on any atom is 0.0885 e. The van der Waals surface area contributed by atoms with Crippen LogP contribution in [0.25, 0.3) is 0 Å². The molecule has 0 radical (unpaired) electrons. The van der Waals surface area contributed by atoms with Gasteiger partial charge in [0.15, 0.2) is 0 Å². The fourth-order valence-corrected chi connectivity index (χ4v) is 2.17. The molecule has 0 heterocycles. The van der Waals surface area contributed by atoms with Gasteiger partial charge in [0.2, 0.25) is 0 Å². The van der Waals surface area contributed by atoms with Gasteiger partial charge in [-0.05, 0) is 32.1 Å². The van der Waals surface area contributed by atoms with Crippen molar-refractivity contribution >= 4 is 0 Å². The van der Waals surface area contributed by atoms with Crippen molar-refractivity contribution in [2.24, 2.45) is 5.92 Å². The molecule has 0 amide bonds. The van der Waals surface area contributed by atoms with Gasteiger partial charge in [0.05, 0.1) is 5.76 Å². The van der Waals surface area contributed by atoms with Gasteiger partial charge < -0.3 is 5.11 Å². The molecular formula is C14H26O. The number of hydrogen-bond donors (Lipinski definition) is 1. The third-order valence-corrected chi connectivity index (χ3v) is 3.11. The minimum atomic E-state index is 0.324. The van der Waals surface area contributed by atoms with Crippen molar-refractivity contribution in [2.45, 2.75) is 59.8 Å². The lowest BCUT2D eigenvalue weighted by atomic mass is 9.81. The first-order chi connectivity index (χ1) is 7.19. The Hall–Kier alpha value is -0.720. The van der Waals surface area contributed by atoms with E-state index in [9.17, 15) is 5.11 Å². The molecule has 0 spiro atoms. The molecule has 1 heteroatoms. The second kappa shape index (κ2) is 7.56. The minimum absolute atomic E-state index is 0.324. The van der Waals surface area contributed by atoms with Crippen LogP contribution in [0.2, 0.25) is 0 Å². The highest BCUT2D eigenvalue weighted by Gasteiger charge is 2.20. The molecule has 88 valence electrons. The lowest BCUT2D eigenvalue weighted by Crippen LogP contribution is -2.11. The predicted octanol–water partition coefficient (Wildman–Crippen LogP) is 5.00. The highest BCUT2D eigenvalue weighted by Crippen LogP contribution is 2.35. The molecule has 0 aromatic heterocycles. The lowest BCUT2D eigenvalue weighted by molar-refractivity contribution is 0.310. The van der Waals surface area contributed by atoms with Crippen molar-refractivity contribution in [3.05, 3.63) is 23.5 Å². The van der Waals surface area contributed by atoms with Crippen molar-refractivity contribution < 1.29 is 5.11 Å². The normalized spacial score (nSPS) is 20.7. The molecule has 1 atom stereocenters. The average molecular weight is 210 g/mol. The molecule has 0 aromatic carbocycles. The van der Waals surface area contributed by atoms with E-state index in [0.717, 1.165) is 25.7 Å². The molecule has 0 aliphatic heterocycles. The molecule has 0 bridgehead atoms. The van der Waals surface area contributed by atoms with Crippen molar-refractivity contribution in [3.8, 4) is 0 Å². The van der Waals surface area contributed by atoms with Crippen LogP contribution in [0.4, 0.5) is 0 Å². The van der Waals surface area contributed by atoms with E-state index in [2.05, 4.69) is 20.4 Å². The number of hydrogen-bond acceptors (Lipinski definition) is 1. The Labute approximate surface area is 94.9 Å². The van der Waals surface area contributed by atoms with Gasteiger partial charge in [0.1, 0.15) is 0 Å². The molecule has 0 saturated carbocycles. The first kappa shape index (κ1) is 14.3. The molecule has 1 rings (SSSR count). The zero-order valence-electron chi connectivity index (χ0n) is 10.8. The molecule has 0 fully saturated rings. The summed E-state index contributed by atoms with van der Waals surface area (Å²) in [6, 6.07) is 0. The van der Waals surface area contributed by atoms with E-state index in [1.165, 1.54) is 6.42 Å². The van der Waals surface area contributed by atoms with Gasteiger partial charge >= 0.3 is 0 Å². The molecule has 0 aromatic rings. The van der Waals surface area contributed by atoms with Crippen molar-refractivity contribution in [1.82, 2.24) is 0 Å². The summed E-state index contributed by atoms with van der Waals surface area (Å²) in [6.45, 7) is 12.1. The summed E-state index contributed by atoms with van der Waals surface area (Å²) in [4.78, 5) is 0. The van der Waals surface area contributed by atoms with Crippen molar-refractivity contribution in [1.29, 1.82) is 0 Å². The summed E-state index contributed by atoms with van der Waals surface area (Å²) in [6.07, 6.45) is 5.59. The van der Waals surface area contributed by atoms with Gasteiger partial charge in [-0.2, -0.15) is 0 Å². The lowest BCUT2D eigenvalue weighted by Gasteiger charge is -2.25. The fraction of sp³-hybridized carbons (Fsp3) is 0.714. The zero-order chi connectivity index (χ0) is 11.8. The second-order valence-corrected chi connectivity index (χ2v) is 3.85. The molecule has 1 N–H and O–H groups in total. The van der Waals surface area contributed by atoms with Gasteiger partial charge in [0, 0.05) is 5.92 Å². The Morgan fingerprint density at radius 3 is 2.20 bits per heavy atom. The van der Waals surface area contributed by atoms with Gasteiger partial charge in [-0.25, -0.2) is 0 Å². The summed E-state index contributed by atoms with van der Waals surface area (Å²) in [5, 5.41) is 9.33. The molecule has 0 saturated heterocycles. The summed E-state index contributed by atoms with van der Waals surface area (Å²) in [5.41, 5.74) is 3.16. The molecule has 15 heavy (non-hydrogen) atoms. The van der Waals surface area contributed by atoms with Crippen molar-refractivity contribution in [2.75, 3.05) is 0 Å². The number of allylic oxidation sites excluding steroid dienone is 3. The number of rotatable bonds is 3. The molecule has 1 unspecified atom stereocenters. The van der Waals surface area contributed by atoms with E-state index in [-0.39, 0.29) is 0 Å². The summed E-state index contributed by atoms with van der Waals surface area (Å²) in [7, 11) is 0.